The molecule has 1 aromatic heterocycles. The molecule has 0 bridgehead atoms. The van der Waals surface area contributed by atoms with Crippen LogP contribution in [0.3, 0.4) is 0 Å². The molecule has 0 aliphatic carbocycles. The quantitative estimate of drug-likeness (QED) is 0.863. The van der Waals surface area contributed by atoms with Crippen molar-refractivity contribution < 1.29 is 0 Å². The minimum absolute atomic E-state index is 0.552. The first-order valence-electron chi connectivity index (χ1n) is 7.72. The Kier molecular flexibility index (Phi) is 4.13. The summed E-state index contributed by atoms with van der Waals surface area (Å²) in [6, 6.07) is 0.776. The minimum Gasteiger partial charge on any atom is -0.317 e. The lowest BCUT2D eigenvalue weighted by molar-refractivity contribution is 0.121. The zero-order valence-electron chi connectivity index (χ0n) is 11.9. The summed E-state index contributed by atoms with van der Waals surface area (Å²) in [7, 11) is 0. The molecule has 0 aromatic carbocycles. The number of rotatable bonds is 3. The highest BCUT2D eigenvalue weighted by Gasteiger charge is 2.29. The minimum atomic E-state index is 0.552. The van der Waals surface area contributed by atoms with Gasteiger partial charge in [0.2, 0.25) is 0 Å². The fourth-order valence-electron chi connectivity index (χ4n) is 3.38. The van der Waals surface area contributed by atoms with Gasteiger partial charge >= 0.3 is 0 Å². The maximum Gasteiger partial charge on any atom is 0.150 e. The molecule has 2 aliphatic heterocycles. The molecule has 5 heteroatoms. The largest absolute Gasteiger partial charge is 0.317 e. The van der Waals surface area contributed by atoms with E-state index >= 15 is 0 Å². The SMILES string of the molecule is CCc1n[nH]c(C2CCCN(C3CCNCC3)C2)n1. The molecule has 1 atom stereocenters. The van der Waals surface area contributed by atoms with E-state index < -0.39 is 0 Å². The van der Waals surface area contributed by atoms with Crippen LogP contribution in [0.5, 0.6) is 0 Å². The zero-order valence-corrected chi connectivity index (χ0v) is 11.9. The molecule has 3 heterocycles. The normalized spacial score (nSPS) is 26.7. The molecular weight excluding hydrogens is 238 g/mol. The predicted molar refractivity (Wildman–Crippen MR) is 75.2 cm³/mol. The molecule has 3 rings (SSSR count). The van der Waals surface area contributed by atoms with Crippen LogP contribution in [0.2, 0.25) is 0 Å². The van der Waals surface area contributed by atoms with E-state index in [0.29, 0.717) is 5.92 Å². The lowest BCUT2D eigenvalue weighted by atomic mass is 9.94. The van der Waals surface area contributed by atoms with Crippen molar-refractivity contribution in [3.63, 3.8) is 0 Å². The second-order valence-electron chi connectivity index (χ2n) is 5.81. The van der Waals surface area contributed by atoms with E-state index in [4.69, 9.17) is 0 Å². The Bertz CT molecular complexity index is 396. The van der Waals surface area contributed by atoms with Crippen LogP contribution in [0.4, 0.5) is 0 Å². The Labute approximate surface area is 115 Å². The summed E-state index contributed by atoms with van der Waals surface area (Å²) >= 11 is 0. The summed E-state index contributed by atoms with van der Waals surface area (Å²) in [5, 5.41) is 10.9. The van der Waals surface area contributed by atoms with Gasteiger partial charge in [-0.3, -0.25) is 10.00 Å². The summed E-state index contributed by atoms with van der Waals surface area (Å²) in [5.74, 6) is 2.61. The van der Waals surface area contributed by atoms with E-state index in [0.717, 1.165) is 30.7 Å². The van der Waals surface area contributed by atoms with Gasteiger partial charge in [0.05, 0.1) is 0 Å². The molecule has 0 spiro atoms. The summed E-state index contributed by atoms with van der Waals surface area (Å²) in [4.78, 5) is 7.31. The van der Waals surface area contributed by atoms with E-state index in [9.17, 15) is 0 Å². The van der Waals surface area contributed by atoms with E-state index in [-0.39, 0.29) is 0 Å². The number of hydrogen-bond acceptors (Lipinski definition) is 4. The van der Waals surface area contributed by atoms with Gasteiger partial charge in [-0.15, -0.1) is 0 Å². The van der Waals surface area contributed by atoms with Gasteiger partial charge in [-0.2, -0.15) is 5.10 Å². The number of hydrogen-bond donors (Lipinski definition) is 2. The van der Waals surface area contributed by atoms with Gasteiger partial charge in [-0.25, -0.2) is 4.98 Å². The van der Waals surface area contributed by atoms with Gasteiger partial charge in [0.25, 0.3) is 0 Å². The van der Waals surface area contributed by atoms with Crippen LogP contribution in [0.1, 0.15) is 50.2 Å². The van der Waals surface area contributed by atoms with Gasteiger partial charge in [-0.1, -0.05) is 6.92 Å². The molecule has 19 heavy (non-hydrogen) atoms. The molecule has 1 aromatic rings. The highest BCUT2D eigenvalue weighted by atomic mass is 15.2. The van der Waals surface area contributed by atoms with Crippen LogP contribution in [0.15, 0.2) is 0 Å². The predicted octanol–water partition coefficient (Wildman–Crippen LogP) is 1.30. The summed E-state index contributed by atoms with van der Waals surface area (Å²) in [6.07, 6.45) is 6.05. The van der Waals surface area contributed by atoms with Crippen molar-refractivity contribution in [3.05, 3.63) is 11.6 Å². The van der Waals surface area contributed by atoms with Crippen LogP contribution in [-0.4, -0.2) is 52.3 Å². The van der Waals surface area contributed by atoms with E-state index in [1.807, 2.05) is 0 Å². The summed E-state index contributed by atoms with van der Waals surface area (Å²) < 4.78 is 0. The first-order chi connectivity index (χ1) is 9.36. The molecule has 2 fully saturated rings. The Morgan fingerprint density at radius 2 is 2.11 bits per heavy atom. The lowest BCUT2D eigenvalue weighted by Gasteiger charge is -2.39. The molecule has 0 amide bonds. The molecule has 2 aliphatic rings. The van der Waals surface area contributed by atoms with Crippen molar-refractivity contribution in [2.75, 3.05) is 26.2 Å². The topological polar surface area (TPSA) is 56.8 Å². The fourth-order valence-corrected chi connectivity index (χ4v) is 3.38. The Balaban J connectivity index is 1.63. The third-order valence-electron chi connectivity index (χ3n) is 4.53. The molecule has 106 valence electrons. The number of H-pyrrole nitrogens is 1. The highest BCUT2D eigenvalue weighted by Crippen LogP contribution is 2.27. The van der Waals surface area contributed by atoms with Gasteiger partial charge in [0, 0.05) is 24.9 Å². The average Bonchev–Trinajstić information content (AvgIpc) is 2.97. The van der Waals surface area contributed by atoms with Crippen molar-refractivity contribution in [1.82, 2.24) is 25.4 Å². The Morgan fingerprint density at radius 3 is 2.84 bits per heavy atom. The molecule has 2 N–H and O–H groups in total. The van der Waals surface area contributed by atoms with Crippen LogP contribution in [-0.2, 0) is 6.42 Å². The van der Waals surface area contributed by atoms with Crippen molar-refractivity contribution in [2.24, 2.45) is 0 Å². The molecule has 5 nitrogen and oxygen atoms in total. The van der Waals surface area contributed by atoms with Crippen molar-refractivity contribution in [2.45, 2.75) is 51.0 Å². The summed E-state index contributed by atoms with van der Waals surface area (Å²) in [5.41, 5.74) is 0. The number of nitrogens with one attached hydrogen (secondary N) is 2. The zero-order chi connectivity index (χ0) is 13.1. The second kappa shape index (κ2) is 6.01. The van der Waals surface area contributed by atoms with Gasteiger partial charge in [0.1, 0.15) is 11.6 Å². The number of aryl methyl sites for hydroxylation is 1. The van der Waals surface area contributed by atoms with Crippen LogP contribution in [0, 0.1) is 0 Å². The van der Waals surface area contributed by atoms with Crippen LogP contribution in [0.25, 0.3) is 0 Å². The first-order valence-corrected chi connectivity index (χ1v) is 7.72. The number of aromatic nitrogens is 3. The van der Waals surface area contributed by atoms with Crippen molar-refractivity contribution in [1.29, 1.82) is 0 Å². The first kappa shape index (κ1) is 13.1. The monoisotopic (exact) mass is 263 g/mol. The maximum atomic E-state index is 4.63. The lowest BCUT2D eigenvalue weighted by Crippen LogP contribution is -2.47. The Morgan fingerprint density at radius 1 is 1.26 bits per heavy atom. The number of likely N-dealkylation sites (tertiary alicyclic amines) is 1. The van der Waals surface area contributed by atoms with Gasteiger partial charge < -0.3 is 5.32 Å². The smallest absolute Gasteiger partial charge is 0.150 e. The molecule has 1 unspecified atom stereocenters. The van der Waals surface area contributed by atoms with E-state index in [1.165, 1.54) is 45.3 Å². The van der Waals surface area contributed by atoms with Crippen molar-refractivity contribution >= 4 is 0 Å². The number of nitrogens with zero attached hydrogens (tertiary/aromatic N) is 3. The second-order valence-corrected chi connectivity index (χ2v) is 5.81. The number of aromatic amines is 1. The van der Waals surface area contributed by atoms with E-state index in [1.54, 1.807) is 0 Å². The maximum absolute atomic E-state index is 4.63. The third kappa shape index (κ3) is 2.98. The van der Waals surface area contributed by atoms with Crippen LogP contribution < -0.4 is 5.32 Å². The third-order valence-corrected chi connectivity index (χ3v) is 4.53. The number of piperidine rings is 2. The summed E-state index contributed by atoms with van der Waals surface area (Å²) in [6.45, 7) is 6.87. The fraction of sp³-hybridized carbons (Fsp3) is 0.857. The average molecular weight is 263 g/mol. The Hall–Kier alpha value is -0.940. The van der Waals surface area contributed by atoms with Crippen molar-refractivity contribution in [3.8, 4) is 0 Å². The molecule has 2 saturated heterocycles. The van der Waals surface area contributed by atoms with E-state index in [2.05, 4.69) is 32.3 Å². The molecular formula is C14H25N5. The standard InChI is InChI=1S/C14H25N5/c1-2-13-16-14(18-17-13)11-4-3-9-19(10-11)12-5-7-15-8-6-12/h11-12,15H,2-10H2,1H3,(H,16,17,18). The van der Waals surface area contributed by atoms with Gasteiger partial charge in [-0.05, 0) is 45.3 Å². The van der Waals surface area contributed by atoms with Crippen LogP contribution >= 0.6 is 0 Å². The van der Waals surface area contributed by atoms with Gasteiger partial charge in [0.15, 0.2) is 0 Å². The molecule has 0 radical (unpaired) electrons. The molecule has 0 saturated carbocycles. The highest BCUT2D eigenvalue weighted by molar-refractivity contribution is 5.01.